The van der Waals surface area contributed by atoms with E-state index in [4.69, 9.17) is 11.6 Å². The lowest BCUT2D eigenvalue weighted by Crippen LogP contribution is -2.26. The van der Waals surface area contributed by atoms with Crippen molar-refractivity contribution in [2.24, 2.45) is 0 Å². The minimum Gasteiger partial charge on any atom is -0.331 e. The van der Waals surface area contributed by atoms with Crippen LogP contribution in [-0.4, -0.2) is 22.8 Å². The van der Waals surface area contributed by atoms with Crippen LogP contribution in [-0.2, 0) is 9.95 Å². The Morgan fingerprint density at radius 1 is 1.39 bits per heavy atom. The van der Waals surface area contributed by atoms with E-state index in [1.54, 1.807) is 13.8 Å². The molecule has 1 N–H and O–H groups in total. The lowest BCUT2D eigenvalue weighted by atomic mass is 10.2. The van der Waals surface area contributed by atoms with Crippen molar-refractivity contribution >= 4 is 24.2 Å². The molecule has 0 saturated carbocycles. The van der Waals surface area contributed by atoms with Crippen LogP contribution in [0, 0.1) is 5.82 Å². The third-order valence-corrected chi connectivity index (χ3v) is 5.29. The number of benzene rings is 1. The Morgan fingerprint density at radius 3 is 2.52 bits per heavy atom. The molecular formula is C13H14ClF3N3O2P. The van der Waals surface area contributed by atoms with Gasteiger partial charge >= 0.3 is 11.3 Å². The zero-order valence-corrected chi connectivity index (χ0v) is 14.1. The molecule has 0 aliphatic heterocycles. The van der Waals surface area contributed by atoms with Gasteiger partial charge < -0.3 is 9.09 Å². The number of halogens is 4. The smallest absolute Gasteiger partial charge is 0.331 e. The van der Waals surface area contributed by atoms with Gasteiger partial charge in [-0.05, 0) is 37.6 Å². The van der Waals surface area contributed by atoms with Gasteiger partial charge in [0.25, 0.3) is 0 Å². The maximum atomic E-state index is 14.2. The van der Waals surface area contributed by atoms with Crippen molar-refractivity contribution in [3.8, 4) is 11.4 Å². The fraction of sp³-hybridized carbons (Fsp3) is 0.385. The van der Waals surface area contributed by atoms with Crippen molar-refractivity contribution < 1.29 is 22.3 Å². The van der Waals surface area contributed by atoms with Crippen molar-refractivity contribution in [2.45, 2.75) is 25.3 Å². The lowest BCUT2D eigenvalue weighted by molar-refractivity contribution is 0.0551. The summed E-state index contributed by atoms with van der Waals surface area (Å²) in [6.07, 6.45) is 0. The zero-order chi connectivity index (χ0) is 17.4. The number of rotatable bonds is 5. The summed E-state index contributed by atoms with van der Waals surface area (Å²) in [5, 5.41) is 2.34. The number of alkyl halides is 3. The highest BCUT2D eigenvalue weighted by Crippen LogP contribution is 2.37. The highest BCUT2D eigenvalue weighted by molar-refractivity contribution is 7.69. The molecule has 0 fully saturated rings. The number of hydrogen-bond donors (Lipinski definition) is 1. The number of hydrogen-bond acceptors (Lipinski definition) is 4. The Balaban J connectivity index is 2.36. The molecule has 0 amide bonds. The van der Waals surface area contributed by atoms with Crippen LogP contribution in [0.2, 0.25) is 0 Å². The average molecular weight is 368 g/mol. The van der Waals surface area contributed by atoms with Crippen LogP contribution in [0.15, 0.2) is 22.7 Å². The Hall–Kier alpha value is -1.37. The highest BCUT2D eigenvalue weighted by atomic mass is 35.5. The van der Waals surface area contributed by atoms with Crippen LogP contribution in [0.1, 0.15) is 19.7 Å². The summed E-state index contributed by atoms with van der Waals surface area (Å²) in [5.74, 6) is -2.08. The van der Waals surface area contributed by atoms with E-state index < -0.39 is 24.4 Å². The SMILES string of the molecule is CC(C)NP(C)(=O)c1ccc(-c2noc(C(F)(F)Cl)n2)cc1F. The monoisotopic (exact) mass is 367 g/mol. The molecule has 0 aliphatic carbocycles. The van der Waals surface area contributed by atoms with Gasteiger partial charge in [0.15, 0.2) is 7.29 Å². The Labute approximate surface area is 135 Å². The minimum atomic E-state index is -3.80. The summed E-state index contributed by atoms with van der Waals surface area (Å²) >= 11 is 4.78. The second-order valence-electron chi connectivity index (χ2n) is 5.30. The van der Waals surface area contributed by atoms with Crippen LogP contribution < -0.4 is 10.4 Å². The molecule has 0 radical (unpaired) electrons. The molecule has 10 heteroatoms. The van der Waals surface area contributed by atoms with E-state index >= 15 is 0 Å². The van der Waals surface area contributed by atoms with Crippen LogP contribution in [0.3, 0.4) is 0 Å². The van der Waals surface area contributed by atoms with Crippen molar-refractivity contribution in [3.63, 3.8) is 0 Å². The van der Waals surface area contributed by atoms with Gasteiger partial charge in [0, 0.05) is 18.3 Å². The molecule has 1 unspecified atom stereocenters. The third-order valence-electron chi connectivity index (χ3n) is 2.84. The standard InChI is InChI=1S/C13H14ClF3N3O2P/c1-7(2)20-23(3,21)10-5-4-8(6-9(10)15)11-18-12(22-19-11)13(14,16)17/h4-7H,1-3H3,(H,20,21). The molecule has 126 valence electrons. The third kappa shape index (κ3) is 4.13. The largest absolute Gasteiger partial charge is 0.400 e. The summed E-state index contributed by atoms with van der Waals surface area (Å²) < 4.78 is 56.8. The number of nitrogens with one attached hydrogen (secondary N) is 1. The molecular weight excluding hydrogens is 354 g/mol. The van der Waals surface area contributed by atoms with Gasteiger partial charge in [-0.3, -0.25) is 5.09 Å². The summed E-state index contributed by atoms with van der Waals surface area (Å²) in [5.41, 5.74) is 0.103. The molecule has 2 rings (SSSR count). The summed E-state index contributed by atoms with van der Waals surface area (Å²) in [6.45, 7) is 4.98. The maximum absolute atomic E-state index is 14.2. The van der Waals surface area contributed by atoms with Crippen LogP contribution in [0.25, 0.3) is 11.4 Å². The number of nitrogens with zero attached hydrogens (tertiary/aromatic N) is 2. The van der Waals surface area contributed by atoms with Gasteiger partial charge in [-0.15, -0.1) is 0 Å². The zero-order valence-electron chi connectivity index (χ0n) is 12.5. The molecule has 23 heavy (non-hydrogen) atoms. The van der Waals surface area contributed by atoms with Crippen molar-refractivity contribution in [3.05, 3.63) is 29.9 Å². The van der Waals surface area contributed by atoms with Gasteiger partial charge in [0.05, 0.1) is 5.30 Å². The van der Waals surface area contributed by atoms with Crippen LogP contribution in [0.5, 0.6) is 0 Å². The second-order valence-corrected chi connectivity index (χ2v) is 8.36. The van der Waals surface area contributed by atoms with E-state index in [-0.39, 0.29) is 22.7 Å². The van der Waals surface area contributed by atoms with Crippen molar-refractivity contribution in [1.29, 1.82) is 0 Å². The molecule has 0 saturated heterocycles. The molecule has 2 aromatic rings. The van der Waals surface area contributed by atoms with E-state index in [0.29, 0.717) is 0 Å². The van der Waals surface area contributed by atoms with E-state index in [2.05, 4.69) is 19.8 Å². The van der Waals surface area contributed by atoms with Gasteiger partial charge in [-0.25, -0.2) is 4.39 Å². The highest BCUT2D eigenvalue weighted by Gasteiger charge is 2.36. The molecule has 1 atom stereocenters. The molecule has 0 aliphatic rings. The van der Waals surface area contributed by atoms with Gasteiger partial charge in [0.2, 0.25) is 5.82 Å². The second kappa shape index (κ2) is 6.26. The summed E-state index contributed by atoms with van der Waals surface area (Å²) in [7, 11) is -3.10. The van der Waals surface area contributed by atoms with E-state index in [1.807, 2.05) is 0 Å². The van der Waals surface area contributed by atoms with E-state index in [9.17, 15) is 17.7 Å². The molecule has 0 bridgehead atoms. The fourth-order valence-corrected chi connectivity index (χ4v) is 4.04. The van der Waals surface area contributed by atoms with Gasteiger partial charge in [0.1, 0.15) is 5.82 Å². The predicted octanol–water partition coefficient (Wildman–Crippen LogP) is 3.70. The summed E-state index contributed by atoms with van der Waals surface area (Å²) in [6, 6.07) is 3.58. The quantitative estimate of drug-likeness (QED) is 0.644. The van der Waals surface area contributed by atoms with Crippen LogP contribution in [0.4, 0.5) is 13.2 Å². The van der Waals surface area contributed by atoms with E-state index in [0.717, 1.165) is 6.07 Å². The van der Waals surface area contributed by atoms with Crippen molar-refractivity contribution in [1.82, 2.24) is 15.2 Å². The predicted molar refractivity (Wildman–Crippen MR) is 80.9 cm³/mol. The molecule has 5 nitrogen and oxygen atoms in total. The lowest BCUT2D eigenvalue weighted by Gasteiger charge is -2.18. The summed E-state index contributed by atoms with van der Waals surface area (Å²) in [4.78, 5) is 3.42. The normalized spacial score (nSPS) is 15.0. The van der Waals surface area contributed by atoms with E-state index in [1.165, 1.54) is 18.8 Å². The fourth-order valence-electron chi connectivity index (χ4n) is 2.01. The molecule has 1 heterocycles. The minimum absolute atomic E-state index is 0.00124. The molecule has 1 aromatic carbocycles. The first-order chi connectivity index (χ1) is 10.5. The first-order valence-electron chi connectivity index (χ1n) is 6.57. The Bertz CT molecular complexity index is 761. The number of aromatic nitrogens is 2. The first-order valence-corrected chi connectivity index (χ1v) is 9.10. The van der Waals surface area contributed by atoms with Crippen LogP contribution >= 0.6 is 18.9 Å². The Kier molecular flexibility index (Phi) is 4.89. The molecule has 0 spiro atoms. The topological polar surface area (TPSA) is 68.0 Å². The maximum Gasteiger partial charge on any atom is 0.400 e. The first kappa shape index (κ1) is 18.0. The Morgan fingerprint density at radius 2 is 2.04 bits per heavy atom. The molecule has 1 aromatic heterocycles. The average Bonchev–Trinajstić information content (AvgIpc) is 2.85. The van der Waals surface area contributed by atoms with Crippen molar-refractivity contribution in [2.75, 3.05) is 6.66 Å². The van der Waals surface area contributed by atoms with Gasteiger partial charge in [-0.2, -0.15) is 13.8 Å². The van der Waals surface area contributed by atoms with Gasteiger partial charge in [-0.1, -0.05) is 11.2 Å².